The van der Waals surface area contributed by atoms with Crippen LogP contribution in [0.15, 0.2) is 36.7 Å². The van der Waals surface area contributed by atoms with E-state index in [-0.39, 0.29) is 28.8 Å². The van der Waals surface area contributed by atoms with Crippen LogP contribution in [0.4, 0.5) is 15.9 Å². The number of piperazine rings is 1. The lowest BCUT2D eigenvalue weighted by Gasteiger charge is -2.35. The summed E-state index contributed by atoms with van der Waals surface area (Å²) in [5, 5.41) is 13.5. The molecule has 13 nitrogen and oxygen atoms in total. The van der Waals surface area contributed by atoms with Crippen molar-refractivity contribution in [2.24, 2.45) is 5.92 Å². The maximum atomic E-state index is 15.6. The predicted molar refractivity (Wildman–Crippen MR) is 171 cm³/mol. The molecule has 0 bridgehead atoms. The van der Waals surface area contributed by atoms with Crippen molar-refractivity contribution >= 4 is 47.2 Å². The van der Waals surface area contributed by atoms with Crippen LogP contribution in [0.5, 0.6) is 0 Å². The molecule has 5 rings (SSSR count). The Kier molecular flexibility index (Phi) is 11.1. The first-order valence-corrected chi connectivity index (χ1v) is 16.5. The van der Waals surface area contributed by atoms with E-state index in [0.717, 1.165) is 43.6 Å². The Morgan fingerprint density at radius 1 is 1.13 bits per heavy atom. The first-order chi connectivity index (χ1) is 22.3. The van der Waals surface area contributed by atoms with Crippen LogP contribution in [0.1, 0.15) is 54.3 Å². The van der Waals surface area contributed by atoms with Gasteiger partial charge in [-0.1, -0.05) is 29.8 Å². The number of amides is 4. The number of likely N-dealkylation sites (N-methyl/N-ethyl adjacent to an activating group) is 1. The standard InChI is InChI=1S/C31H40FN9O4S/c1-3-41-27(11-12-34-41)40(20-42)28(22-7-5-4-6-8-22)30(44)35-24-10-9-21(17-23(24)32)18-25(36-29(43)26-19-33-37-46-26)31(45)39-15-13-38(2)14-16-39/h9-12,17,19-20,22,25,28H,3-8,13-16,18H2,1-2H3,(H,35,44)(H,36,43)/t25-,28+/m1/s1. The highest BCUT2D eigenvalue weighted by Gasteiger charge is 2.37. The molecule has 15 heteroatoms. The average molecular weight is 654 g/mol. The SMILES string of the molecule is CCn1nccc1N(C=O)[C@H](C(=O)Nc1ccc(C[C@@H](NC(=O)c2cnns2)C(=O)N2CCN(C)CC2)cc1F)C1CCCCC1. The van der Waals surface area contributed by atoms with Crippen molar-refractivity contribution in [2.75, 3.05) is 43.4 Å². The fourth-order valence-electron chi connectivity index (χ4n) is 6.24. The van der Waals surface area contributed by atoms with Crippen molar-refractivity contribution in [3.63, 3.8) is 0 Å². The Hall–Kier alpha value is -4.24. The van der Waals surface area contributed by atoms with Crippen molar-refractivity contribution in [3.05, 3.63) is 52.9 Å². The number of benzene rings is 1. The molecule has 1 saturated heterocycles. The third-order valence-corrected chi connectivity index (χ3v) is 9.43. The zero-order chi connectivity index (χ0) is 32.6. The molecule has 1 saturated carbocycles. The molecule has 246 valence electrons. The fourth-order valence-corrected chi connectivity index (χ4v) is 6.66. The Labute approximate surface area is 271 Å². The summed E-state index contributed by atoms with van der Waals surface area (Å²) < 4.78 is 21.0. The van der Waals surface area contributed by atoms with Gasteiger partial charge in [0.15, 0.2) is 0 Å². The number of hydrogen-bond donors (Lipinski definition) is 2. The molecule has 1 aromatic carbocycles. The quantitative estimate of drug-likeness (QED) is 0.284. The molecule has 2 aliphatic rings. The van der Waals surface area contributed by atoms with Gasteiger partial charge in [-0.3, -0.25) is 24.1 Å². The van der Waals surface area contributed by atoms with Crippen LogP contribution in [-0.2, 0) is 27.3 Å². The third kappa shape index (κ3) is 7.76. The Balaban J connectivity index is 1.34. The van der Waals surface area contributed by atoms with Crippen LogP contribution in [0.25, 0.3) is 0 Å². The summed E-state index contributed by atoms with van der Waals surface area (Å²) in [6.07, 6.45) is 8.11. The largest absolute Gasteiger partial charge is 0.339 e. The average Bonchev–Trinajstić information content (AvgIpc) is 3.78. The predicted octanol–water partition coefficient (Wildman–Crippen LogP) is 2.56. The summed E-state index contributed by atoms with van der Waals surface area (Å²) in [6.45, 7) is 4.86. The van der Waals surface area contributed by atoms with Gasteiger partial charge in [0, 0.05) is 45.2 Å². The fraction of sp³-hybridized carbons (Fsp3) is 0.516. The molecule has 1 aliphatic carbocycles. The molecular formula is C31H40FN9O4S. The first-order valence-electron chi connectivity index (χ1n) is 15.7. The smallest absolute Gasteiger partial charge is 0.265 e. The maximum absolute atomic E-state index is 15.6. The van der Waals surface area contributed by atoms with Crippen molar-refractivity contribution in [1.82, 2.24) is 34.5 Å². The monoisotopic (exact) mass is 653 g/mol. The van der Waals surface area contributed by atoms with Crippen LogP contribution in [0.3, 0.4) is 0 Å². The van der Waals surface area contributed by atoms with Gasteiger partial charge >= 0.3 is 0 Å². The van der Waals surface area contributed by atoms with E-state index in [0.29, 0.717) is 50.5 Å². The highest BCUT2D eigenvalue weighted by molar-refractivity contribution is 7.07. The molecule has 0 spiro atoms. The minimum atomic E-state index is -0.946. The van der Waals surface area contributed by atoms with Crippen molar-refractivity contribution in [3.8, 4) is 0 Å². The summed E-state index contributed by atoms with van der Waals surface area (Å²) in [6, 6.07) is 4.25. The normalized spacial score (nSPS) is 17.2. The molecule has 0 radical (unpaired) electrons. The summed E-state index contributed by atoms with van der Waals surface area (Å²) >= 11 is 0.919. The van der Waals surface area contributed by atoms with E-state index in [2.05, 4.69) is 30.2 Å². The molecule has 46 heavy (non-hydrogen) atoms. The summed E-state index contributed by atoms with van der Waals surface area (Å²) in [5.74, 6) is -1.50. The van der Waals surface area contributed by atoms with Crippen LogP contribution >= 0.6 is 11.5 Å². The minimum Gasteiger partial charge on any atom is -0.339 e. The Morgan fingerprint density at radius 3 is 2.54 bits per heavy atom. The van der Waals surface area contributed by atoms with Crippen molar-refractivity contribution in [1.29, 1.82) is 0 Å². The lowest BCUT2D eigenvalue weighted by atomic mass is 9.82. The van der Waals surface area contributed by atoms with Gasteiger partial charge in [-0.25, -0.2) is 9.07 Å². The molecule has 2 atom stereocenters. The number of carbonyl (C=O) groups excluding carboxylic acids is 4. The highest BCUT2D eigenvalue weighted by Crippen LogP contribution is 2.32. The van der Waals surface area contributed by atoms with Crippen LogP contribution in [0, 0.1) is 11.7 Å². The Bertz CT molecular complexity index is 1500. The Morgan fingerprint density at radius 2 is 1.89 bits per heavy atom. The summed E-state index contributed by atoms with van der Waals surface area (Å²) in [7, 11) is 1.98. The highest BCUT2D eigenvalue weighted by atomic mass is 32.1. The number of anilines is 2. The van der Waals surface area contributed by atoms with Crippen molar-refractivity contribution in [2.45, 2.75) is 64.1 Å². The van der Waals surface area contributed by atoms with E-state index < -0.39 is 29.7 Å². The van der Waals surface area contributed by atoms with Crippen LogP contribution in [0.2, 0.25) is 0 Å². The molecule has 4 amide bonds. The zero-order valence-corrected chi connectivity index (χ0v) is 26.9. The second-order valence-electron chi connectivity index (χ2n) is 11.8. The summed E-state index contributed by atoms with van der Waals surface area (Å²) in [5.41, 5.74) is 0.432. The molecular weight excluding hydrogens is 613 g/mol. The van der Waals surface area contributed by atoms with E-state index in [1.54, 1.807) is 27.9 Å². The van der Waals surface area contributed by atoms with Gasteiger partial charge in [-0.15, -0.1) is 5.10 Å². The number of rotatable bonds is 12. The number of aromatic nitrogens is 4. The lowest BCUT2D eigenvalue weighted by Crippen LogP contribution is -2.54. The minimum absolute atomic E-state index is 0.0360. The van der Waals surface area contributed by atoms with E-state index in [4.69, 9.17) is 0 Å². The molecule has 1 aliphatic heterocycles. The van der Waals surface area contributed by atoms with Gasteiger partial charge in [-0.05, 0) is 62.0 Å². The summed E-state index contributed by atoms with van der Waals surface area (Å²) in [4.78, 5) is 58.2. The molecule has 3 heterocycles. The first kappa shape index (κ1) is 33.1. The van der Waals surface area contributed by atoms with Crippen LogP contribution in [-0.4, -0.2) is 98.6 Å². The molecule has 0 unspecified atom stereocenters. The maximum Gasteiger partial charge on any atom is 0.265 e. The second-order valence-corrected chi connectivity index (χ2v) is 12.6. The number of carbonyl (C=O) groups is 4. The molecule has 3 aromatic rings. The zero-order valence-electron chi connectivity index (χ0n) is 26.1. The van der Waals surface area contributed by atoms with E-state index in [9.17, 15) is 19.2 Å². The van der Waals surface area contributed by atoms with Gasteiger partial charge in [0.1, 0.15) is 28.6 Å². The number of nitrogens with zero attached hydrogens (tertiary/aromatic N) is 7. The van der Waals surface area contributed by atoms with E-state index >= 15 is 4.39 Å². The van der Waals surface area contributed by atoms with E-state index in [1.807, 2.05) is 14.0 Å². The number of nitrogens with one attached hydrogen (secondary N) is 2. The van der Waals surface area contributed by atoms with Crippen LogP contribution < -0.4 is 15.5 Å². The van der Waals surface area contributed by atoms with Gasteiger partial charge < -0.3 is 20.4 Å². The number of halogens is 1. The third-order valence-electron chi connectivity index (χ3n) is 8.77. The topological polar surface area (TPSA) is 146 Å². The second kappa shape index (κ2) is 15.4. The molecule has 2 N–H and O–H groups in total. The molecule has 2 aromatic heterocycles. The van der Waals surface area contributed by atoms with E-state index in [1.165, 1.54) is 23.2 Å². The van der Waals surface area contributed by atoms with Gasteiger partial charge in [0.2, 0.25) is 18.2 Å². The van der Waals surface area contributed by atoms with Gasteiger partial charge in [0.05, 0.1) is 18.1 Å². The van der Waals surface area contributed by atoms with Gasteiger partial charge in [-0.2, -0.15) is 5.10 Å². The number of aryl methyl sites for hydroxylation is 1. The van der Waals surface area contributed by atoms with Crippen molar-refractivity contribution < 1.29 is 23.6 Å². The van der Waals surface area contributed by atoms with Gasteiger partial charge in [0.25, 0.3) is 5.91 Å². The lowest BCUT2D eigenvalue weighted by molar-refractivity contribution is -0.134. The molecule has 2 fully saturated rings. The number of hydrogen-bond acceptors (Lipinski definition) is 9.